The van der Waals surface area contributed by atoms with Crippen molar-refractivity contribution in [2.45, 2.75) is 39.3 Å². The Bertz CT molecular complexity index is 995. The van der Waals surface area contributed by atoms with Gasteiger partial charge in [0.1, 0.15) is 5.82 Å². The zero-order chi connectivity index (χ0) is 21.1. The molecule has 30 heavy (non-hydrogen) atoms. The second-order valence-electron chi connectivity index (χ2n) is 8.49. The lowest BCUT2D eigenvalue weighted by molar-refractivity contribution is -0.129. The molecule has 0 radical (unpaired) electrons. The van der Waals surface area contributed by atoms with Gasteiger partial charge in [-0.15, -0.1) is 0 Å². The molecule has 0 aliphatic carbocycles. The molecule has 0 bridgehead atoms. The van der Waals surface area contributed by atoms with E-state index in [1.807, 2.05) is 54.6 Å². The molecule has 3 aromatic rings. The predicted molar refractivity (Wildman–Crippen MR) is 116 cm³/mol. The smallest absolute Gasteiger partial charge is 0.226 e. The average molecular weight is 405 g/mol. The minimum Gasteiger partial charge on any atom is -0.346 e. The lowest BCUT2D eigenvalue weighted by Crippen LogP contribution is -2.36. The number of aromatic nitrogens is 2. The van der Waals surface area contributed by atoms with Crippen LogP contribution in [0.5, 0.6) is 0 Å². The number of hydrogen-bond donors (Lipinski definition) is 2. The van der Waals surface area contributed by atoms with Gasteiger partial charge in [-0.2, -0.15) is 0 Å². The van der Waals surface area contributed by atoms with Gasteiger partial charge in [0.15, 0.2) is 0 Å². The van der Waals surface area contributed by atoms with Gasteiger partial charge < -0.3 is 15.2 Å². The summed E-state index contributed by atoms with van der Waals surface area (Å²) < 4.78 is 0. The highest BCUT2D eigenvalue weighted by atomic mass is 16.2. The number of carbonyl (C=O) groups is 2. The predicted octanol–water partition coefficient (Wildman–Crippen LogP) is 3.82. The van der Waals surface area contributed by atoms with Gasteiger partial charge in [-0.3, -0.25) is 9.59 Å². The van der Waals surface area contributed by atoms with Gasteiger partial charge in [-0.1, -0.05) is 56.3 Å². The SMILES string of the molecule is CC(C)C[C@H](NC(=O)C1CC(=O)N(Cc2ccccc2)C1)c1nc2ccccc2[nH]1. The number of aromatic amines is 1. The molecule has 2 amide bonds. The third kappa shape index (κ3) is 4.53. The van der Waals surface area contributed by atoms with Crippen molar-refractivity contribution in [1.82, 2.24) is 20.2 Å². The van der Waals surface area contributed by atoms with Gasteiger partial charge in [-0.25, -0.2) is 4.98 Å². The maximum atomic E-state index is 13.0. The highest BCUT2D eigenvalue weighted by Crippen LogP contribution is 2.25. The van der Waals surface area contributed by atoms with Crippen LogP contribution in [0.2, 0.25) is 0 Å². The first-order valence-electron chi connectivity index (χ1n) is 10.6. The molecule has 1 unspecified atom stereocenters. The normalized spacial score (nSPS) is 17.6. The van der Waals surface area contributed by atoms with E-state index in [9.17, 15) is 9.59 Å². The molecule has 1 saturated heterocycles. The fourth-order valence-corrected chi connectivity index (χ4v) is 4.04. The zero-order valence-corrected chi connectivity index (χ0v) is 17.5. The molecule has 0 saturated carbocycles. The van der Waals surface area contributed by atoms with E-state index in [4.69, 9.17) is 0 Å². The number of rotatable bonds is 7. The van der Waals surface area contributed by atoms with E-state index in [0.29, 0.717) is 19.0 Å². The highest BCUT2D eigenvalue weighted by Gasteiger charge is 2.35. The van der Waals surface area contributed by atoms with Crippen molar-refractivity contribution >= 4 is 22.8 Å². The molecule has 4 rings (SSSR count). The summed E-state index contributed by atoms with van der Waals surface area (Å²) in [5.41, 5.74) is 2.92. The fourth-order valence-electron chi connectivity index (χ4n) is 4.04. The molecule has 1 aromatic heterocycles. The first kappa shape index (κ1) is 20.1. The number of para-hydroxylation sites is 2. The number of nitrogens with one attached hydrogen (secondary N) is 2. The Morgan fingerprint density at radius 2 is 1.90 bits per heavy atom. The number of hydrogen-bond acceptors (Lipinski definition) is 3. The largest absolute Gasteiger partial charge is 0.346 e. The monoisotopic (exact) mass is 404 g/mol. The summed E-state index contributed by atoms with van der Waals surface area (Å²) in [6.45, 7) is 5.25. The Balaban J connectivity index is 1.45. The number of benzene rings is 2. The van der Waals surface area contributed by atoms with Gasteiger partial charge in [0.2, 0.25) is 11.8 Å². The fraction of sp³-hybridized carbons (Fsp3) is 0.375. The van der Waals surface area contributed by atoms with Crippen molar-refractivity contribution in [3.8, 4) is 0 Å². The second kappa shape index (κ2) is 8.69. The molecular formula is C24H28N4O2. The molecule has 0 spiro atoms. The number of H-pyrrole nitrogens is 1. The third-order valence-electron chi connectivity index (χ3n) is 5.56. The Morgan fingerprint density at radius 1 is 1.17 bits per heavy atom. The molecule has 2 heterocycles. The van der Waals surface area contributed by atoms with Gasteiger partial charge in [0, 0.05) is 19.5 Å². The lowest BCUT2D eigenvalue weighted by atomic mass is 10.0. The second-order valence-corrected chi connectivity index (χ2v) is 8.49. The topological polar surface area (TPSA) is 78.1 Å². The van der Waals surface area contributed by atoms with Crippen LogP contribution in [-0.2, 0) is 16.1 Å². The van der Waals surface area contributed by atoms with Crippen LogP contribution in [0.25, 0.3) is 11.0 Å². The van der Waals surface area contributed by atoms with Crippen LogP contribution in [0, 0.1) is 11.8 Å². The van der Waals surface area contributed by atoms with Crippen LogP contribution >= 0.6 is 0 Å². The molecule has 6 heteroatoms. The summed E-state index contributed by atoms with van der Waals surface area (Å²) in [5, 5.41) is 3.16. The Labute approximate surface area is 176 Å². The zero-order valence-electron chi connectivity index (χ0n) is 17.5. The van der Waals surface area contributed by atoms with Crippen LogP contribution in [0.15, 0.2) is 54.6 Å². The lowest BCUT2D eigenvalue weighted by Gasteiger charge is -2.21. The van der Waals surface area contributed by atoms with Gasteiger partial charge in [0.25, 0.3) is 0 Å². The number of imidazole rings is 1. The summed E-state index contributed by atoms with van der Waals surface area (Å²) in [4.78, 5) is 35.3. The van der Waals surface area contributed by atoms with Crippen molar-refractivity contribution in [3.63, 3.8) is 0 Å². The van der Waals surface area contributed by atoms with E-state index >= 15 is 0 Å². The summed E-state index contributed by atoms with van der Waals surface area (Å²) >= 11 is 0. The van der Waals surface area contributed by atoms with E-state index in [1.165, 1.54) is 0 Å². The van der Waals surface area contributed by atoms with Crippen LogP contribution < -0.4 is 5.32 Å². The molecule has 1 aliphatic heterocycles. The standard InChI is InChI=1S/C24H28N4O2/c1-16(2)12-21(23-25-19-10-6-7-11-20(19)26-23)27-24(30)18-13-22(29)28(15-18)14-17-8-4-3-5-9-17/h3-11,16,18,21H,12-15H2,1-2H3,(H,25,26)(H,27,30)/t18?,21-/m0/s1. The van der Waals surface area contributed by atoms with Crippen molar-refractivity contribution in [3.05, 3.63) is 66.0 Å². The van der Waals surface area contributed by atoms with E-state index in [2.05, 4.69) is 29.1 Å². The first-order valence-corrected chi connectivity index (χ1v) is 10.6. The number of likely N-dealkylation sites (tertiary alicyclic amines) is 1. The maximum Gasteiger partial charge on any atom is 0.226 e. The summed E-state index contributed by atoms with van der Waals surface area (Å²) in [5.74, 6) is 0.778. The van der Waals surface area contributed by atoms with Crippen molar-refractivity contribution < 1.29 is 9.59 Å². The van der Waals surface area contributed by atoms with E-state index in [0.717, 1.165) is 28.8 Å². The molecule has 1 fully saturated rings. The minimum absolute atomic E-state index is 0.0307. The van der Waals surface area contributed by atoms with Crippen molar-refractivity contribution in [2.24, 2.45) is 11.8 Å². The van der Waals surface area contributed by atoms with Gasteiger partial charge in [0.05, 0.1) is 23.0 Å². The quantitative estimate of drug-likeness (QED) is 0.628. The molecule has 2 aromatic carbocycles. The number of amides is 2. The van der Waals surface area contributed by atoms with Crippen molar-refractivity contribution in [1.29, 1.82) is 0 Å². The van der Waals surface area contributed by atoms with E-state index in [-0.39, 0.29) is 30.2 Å². The van der Waals surface area contributed by atoms with Gasteiger partial charge >= 0.3 is 0 Å². The third-order valence-corrected chi connectivity index (χ3v) is 5.56. The first-order chi connectivity index (χ1) is 14.5. The van der Waals surface area contributed by atoms with E-state index < -0.39 is 0 Å². The molecule has 156 valence electrons. The van der Waals surface area contributed by atoms with E-state index in [1.54, 1.807) is 4.90 Å². The van der Waals surface area contributed by atoms with Gasteiger partial charge in [-0.05, 0) is 30.0 Å². The van der Waals surface area contributed by atoms with Crippen LogP contribution in [0.3, 0.4) is 0 Å². The Hall–Kier alpha value is -3.15. The Morgan fingerprint density at radius 3 is 2.63 bits per heavy atom. The summed E-state index contributed by atoms with van der Waals surface area (Å²) in [6, 6.07) is 17.5. The summed E-state index contributed by atoms with van der Waals surface area (Å²) in [7, 11) is 0. The molecule has 2 N–H and O–H groups in total. The molecule has 1 aliphatic rings. The molecule has 2 atom stereocenters. The maximum absolute atomic E-state index is 13.0. The average Bonchev–Trinajstić information content (AvgIpc) is 3.32. The number of fused-ring (bicyclic) bond motifs is 1. The van der Waals surface area contributed by atoms with Crippen molar-refractivity contribution in [2.75, 3.05) is 6.54 Å². The number of carbonyl (C=O) groups excluding carboxylic acids is 2. The van der Waals surface area contributed by atoms with Crippen LogP contribution in [0.4, 0.5) is 0 Å². The summed E-state index contributed by atoms with van der Waals surface area (Å²) in [6.07, 6.45) is 1.03. The molecule has 6 nitrogen and oxygen atoms in total. The highest BCUT2D eigenvalue weighted by molar-refractivity contribution is 5.89. The molecular weight excluding hydrogens is 376 g/mol. The van der Waals surface area contributed by atoms with Crippen LogP contribution in [-0.4, -0.2) is 33.2 Å². The Kier molecular flexibility index (Phi) is 5.84. The van der Waals surface area contributed by atoms with Crippen LogP contribution in [0.1, 0.15) is 44.1 Å². The minimum atomic E-state index is -0.333. The number of nitrogens with zero attached hydrogens (tertiary/aromatic N) is 2.